The summed E-state index contributed by atoms with van der Waals surface area (Å²) in [6, 6.07) is 17.6. The van der Waals surface area contributed by atoms with Gasteiger partial charge in [0.15, 0.2) is 6.10 Å². The van der Waals surface area contributed by atoms with Gasteiger partial charge in [0.05, 0.1) is 22.8 Å². The number of amides is 1. The summed E-state index contributed by atoms with van der Waals surface area (Å²) in [5.41, 5.74) is 3.92. The van der Waals surface area contributed by atoms with Crippen molar-refractivity contribution in [2.45, 2.75) is 84.3 Å². The third-order valence-corrected chi connectivity index (χ3v) is 9.04. The fraction of sp³-hybridized carbons (Fsp3) is 0.429. The first-order valence-corrected chi connectivity index (χ1v) is 15.2. The monoisotopic (exact) mass is 583 g/mol. The Morgan fingerprint density at radius 3 is 2.45 bits per heavy atom. The van der Waals surface area contributed by atoms with Crippen LogP contribution in [0.5, 0.6) is 0 Å². The van der Waals surface area contributed by atoms with Gasteiger partial charge in [-0.15, -0.1) is 0 Å². The minimum Gasteiger partial charge on any atom is -0.449 e. The van der Waals surface area contributed by atoms with E-state index in [0.717, 1.165) is 48.1 Å². The number of nitrogens with one attached hydrogen (secondary N) is 1. The molecule has 0 spiro atoms. The van der Waals surface area contributed by atoms with Crippen LogP contribution < -0.4 is 5.32 Å². The number of para-hydroxylation sites is 1. The van der Waals surface area contributed by atoms with Gasteiger partial charge in [0.1, 0.15) is 5.54 Å². The van der Waals surface area contributed by atoms with E-state index in [4.69, 9.17) is 21.3 Å². The SMILES string of the molecule is C[C@@H](OC(=O)c1c2c(nc3ccccc13)/C(=C\c1ccc(Cl)cc1)C[C@@H](C(C)(C)C)C2)C(=O)NC1(C#N)CCCCC1. The number of carbonyl (C=O) groups is 2. The second-order valence-corrected chi connectivity index (χ2v) is 13.3. The molecule has 1 amide bonds. The van der Waals surface area contributed by atoms with Crippen molar-refractivity contribution in [3.63, 3.8) is 0 Å². The smallest absolute Gasteiger partial charge is 0.339 e. The van der Waals surface area contributed by atoms with E-state index in [-0.39, 0.29) is 11.3 Å². The molecule has 2 atom stereocenters. The van der Waals surface area contributed by atoms with E-state index in [1.807, 2.05) is 48.5 Å². The summed E-state index contributed by atoms with van der Waals surface area (Å²) in [5, 5.41) is 14.1. The van der Waals surface area contributed by atoms with Gasteiger partial charge < -0.3 is 10.1 Å². The molecule has 2 aliphatic rings. The Balaban J connectivity index is 1.55. The van der Waals surface area contributed by atoms with Crippen molar-refractivity contribution in [1.29, 1.82) is 5.26 Å². The standard InChI is InChI=1S/C35H38ClN3O3/c1-22(32(40)39-35(21-37)16-8-5-9-17-35)42-33(41)30-27-10-6-7-11-29(27)38-31-24(18-23-12-14-26(36)15-13-23)19-25(20-28(30)31)34(2,3)4/h6-7,10-15,18,22,25H,5,8-9,16-17,19-20H2,1-4H3,(H,39,40)/b24-18-/t22-,25-/m1/s1. The van der Waals surface area contributed by atoms with Crippen LogP contribution in [-0.4, -0.2) is 28.5 Å². The maximum absolute atomic E-state index is 14.0. The molecule has 0 unspecified atom stereocenters. The molecule has 5 rings (SSSR count). The molecule has 0 saturated heterocycles. The number of aromatic nitrogens is 1. The number of nitriles is 1. The Labute approximate surface area is 253 Å². The molecule has 2 aromatic carbocycles. The summed E-state index contributed by atoms with van der Waals surface area (Å²) in [4.78, 5) is 32.3. The average Bonchev–Trinajstić information content (AvgIpc) is 2.97. The molecule has 1 aromatic heterocycles. The number of benzene rings is 2. The number of fused-ring (bicyclic) bond motifs is 2. The number of hydrogen-bond donors (Lipinski definition) is 1. The van der Waals surface area contributed by atoms with Crippen LogP contribution in [0.3, 0.4) is 0 Å². The second-order valence-electron chi connectivity index (χ2n) is 12.8. The summed E-state index contributed by atoms with van der Waals surface area (Å²) in [6.07, 6.45) is 6.59. The molecule has 1 fully saturated rings. The molecule has 218 valence electrons. The highest BCUT2D eigenvalue weighted by Gasteiger charge is 2.38. The lowest BCUT2D eigenvalue weighted by atomic mass is 9.69. The number of carbonyl (C=O) groups excluding carboxylic acids is 2. The Hall–Kier alpha value is -3.69. The van der Waals surface area contributed by atoms with E-state index in [1.165, 1.54) is 0 Å². The van der Waals surface area contributed by atoms with Gasteiger partial charge in [-0.05, 0) is 84.9 Å². The number of allylic oxidation sites excluding steroid dienone is 1. The van der Waals surface area contributed by atoms with Crippen LogP contribution in [-0.2, 0) is 16.0 Å². The highest BCUT2D eigenvalue weighted by molar-refractivity contribution is 6.30. The van der Waals surface area contributed by atoms with Gasteiger partial charge in [0, 0.05) is 10.4 Å². The zero-order chi connectivity index (χ0) is 30.1. The lowest BCUT2D eigenvalue weighted by Crippen LogP contribution is -2.52. The molecule has 1 saturated carbocycles. The summed E-state index contributed by atoms with van der Waals surface area (Å²) >= 11 is 6.14. The Morgan fingerprint density at radius 2 is 1.79 bits per heavy atom. The molecule has 0 bridgehead atoms. The first-order chi connectivity index (χ1) is 20.0. The predicted molar refractivity (Wildman–Crippen MR) is 167 cm³/mol. The number of ether oxygens (including phenoxy) is 1. The van der Waals surface area contributed by atoms with Crippen molar-refractivity contribution < 1.29 is 14.3 Å². The van der Waals surface area contributed by atoms with Gasteiger partial charge in [0.2, 0.25) is 0 Å². The summed E-state index contributed by atoms with van der Waals surface area (Å²) < 4.78 is 5.87. The lowest BCUT2D eigenvalue weighted by molar-refractivity contribution is -0.130. The molecule has 42 heavy (non-hydrogen) atoms. The van der Waals surface area contributed by atoms with Crippen molar-refractivity contribution in [3.05, 3.63) is 75.9 Å². The molecule has 1 N–H and O–H groups in total. The van der Waals surface area contributed by atoms with Crippen LogP contribution in [0.15, 0.2) is 48.5 Å². The minimum absolute atomic E-state index is 0.0254. The summed E-state index contributed by atoms with van der Waals surface area (Å²) in [6.45, 7) is 8.23. The zero-order valence-electron chi connectivity index (χ0n) is 24.8. The van der Waals surface area contributed by atoms with Gasteiger partial charge in [-0.1, -0.05) is 82.0 Å². The van der Waals surface area contributed by atoms with E-state index in [1.54, 1.807) is 6.92 Å². The molecule has 0 aliphatic heterocycles. The van der Waals surface area contributed by atoms with Gasteiger partial charge in [-0.3, -0.25) is 4.79 Å². The molecule has 6 nitrogen and oxygen atoms in total. The molecule has 0 radical (unpaired) electrons. The normalized spacial score (nSPS) is 19.9. The highest BCUT2D eigenvalue weighted by atomic mass is 35.5. The van der Waals surface area contributed by atoms with Crippen LogP contribution in [0.25, 0.3) is 22.6 Å². The number of esters is 1. The molecule has 1 heterocycles. The number of pyridine rings is 1. The van der Waals surface area contributed by atoms with E-state index in [0.29, 0.717) is 40.8 Å². The second kappa shape index (κ2) is 11.9. The molecule has 3 aromatic rings. The highest BCUT2D eigenvalue weighted by Crippen LogP contribution is 2.45. The number of rotatable bonds is 5. The van der Waals surface area contributed by atoms with Gasteiger partial charge in [-0.2, -0.15) is 5.26 Å². The molecular formula is C35H38ClN3O3. The number of hydrogen-bond acceptors (Lipinski definition) is 5. The van der Waals surface area contributed by atoms with Crippen molar-refractivity contribution in [1.82, 2.24) is 10.3 Å². The van der Waals surface area contributed by atoms with Crippen molar-refractivity contribution >= 4 is 46.0 Å². The predicted octanol–water partition coefficient (Wildman–Crippen LogP) is 7.93. The zero-order valence-corrected chi connectivity index (χ0v) is 25.6. The van der Waals surface area contributed by atoms with Crippen molar-refractivity contribution in [2.24, 2.45) is 11.3 Å². The largest absolute Gasteiger partial charge is 0.449 e. The lowest BCUT2D eigenvalue weighted by Gasteiger charge is -2.37. The fourth-order valence-corrected chi connectivity index (χ4v) is 6.29. The van der Waals surface area contributed by atoms with E-state index < -0.39 is 23.5 Å². The van der Waals surface area contributed by atoms with Crippen molar-refractivity contribution in [3.8, 4) is 6.07 Å². The van der Waals surface area contributed by atoms with Crippen LogP contribution >= 0.6 is 11.6 Å². The number of nitrogens with zero attached hydrogens (tertiary/aromatic N) is 2. The van der Waals surface area contributed by atoms with E-state index in [2.05, 4.69) is 38.2 Å². The van der Waals surface area contributed by atoms with Crippen LogP contribution in [0, 0.1) is 22.7 Å². The first-order valence-electron chi connectivity index (χ1n) is 14.8. The molecular weight excluding hydrogens is 546 g/mol. The van der Waals surface area contributed by atoms with Gasteiger partial charge >= 0.3 is 5.97 Å². The maximum atomic E-state index is 14.0. The van der Waals surface area contributed by atoms with E-state index >= 15 is 0 Å². The maximum Gasteiger partial charge on any atom is 0.339 e. The topological polar surface area (TPSA) is 92.1 Å². The summed E-state index contributed by atoms with van der Waals surface area (Å²) in [5.74, 6) is -0.752. The molecule has 2 aliphatic carbocycles. The quantitative estimate of drug-likeness (QED) is 0.308. The van der Waals surface area contributed by atoms with E-state index in [9.17, 15) is 14.9 Å². The average molecular weight is 584 g/mol. The first kappa shape index (κ1) is 29.8. The van der Waals surface area contributed by atoms with Crippen LogP contribution in [0.4, 0.5) is 0 Å². The van der Waals surface area contributed by atoms with Gasteiger partial charge in [-0.25, -0.2) is 9.78 Å². The Morgan fingerprint density at radius 1 is 1.10 bits per heavy atom. The third kappa shape index (κ3) is 6.22. The fourth-order valence-electron chi connectivity index (χ4n) is 6.16. The summed E-state index contributed by atoms with van der Waals surface area (Å²) in [7, 11) is 0. The van der Waals surface area contributed by atoms with Crippen LogP contribution in [0.2, 0.25) is 5.02 Å². The van der Waals surface area contributed by atoms with Crippen molar-refractivity contribution in [2.75, 3.05) is 0 Å². The minimum atomic E-state index is -1.06. The Bertz CT molecular complexity index is 1570. The number of halogens is 1. The van der Waals surface area contributed by atoms with Gasteiger partial charge in [0.25, 0.3) is 5.91 Å². The Kier molecular flexibility index (Phi) is 8.44. The third-order valence-electron chi connectivity index (χ3n) is 8.79. The molecule has 7 heteroatoms. The van der Waals surface area contributed by atoms with Crippen LogP contribution in [0.1, 0.15) is 93.4 Å².